The number of aryl methyl sites for hydroxylation is 6. The number of aromatic nitrogens is 10. The fourth-order valence-corrected chi connectivity index (χ4v) is 11.4. The van der Waals surface area contributed by atoms with E-state index in [1.54, 1.807) is 6.20 Å². The lowest BCUT2D eigenvalue weighted by atomic mass is 9.91. The molecule has 0 radical (unpaired) electrons. The normalized spacial score (nSPS) is 12.1. The molecule has 15 aromatic rings. The van der Waals surface area contributed by atoms with Gasteiger partial charge in [0.25, 0.3) is 0 Å². The van der Waals surface area contributed by atoms with E-state index in [4.69, 9.17) is 9.97 Å². The van der Waals surface area contributed by atoms with E-state index < -0.39 is 23.5 Å². The van der Waals surface area contributed by atoms with E-state index in [0.29, 0.717) is 12.4 Å². The third-order valence-corrected chi connectivity index (χ3v) is 16.2. The maximum Gasteiger partial charge on any atom is 0.417 e. The second kappa shape index (κ2) is 26.7. The first-order valence-electron chi connectivity index (χ1n) is 30.4. The van der Waals surface area contributed by atoms with E-state index in [1.165, 1.54) is 43.8 Å². The van der Waals surface area contributed by atoms with Gasteiger partial charge in [0.15, 0.2) is 0 Å². The summed E-state index contributed by atoms with van der Waals surface area (Å²) in [5, 5.41) is 8.23. The van der Waals surface area contributed by atoms with Crippen LogP contribution in [0, 0.1) is 13.8 Å². The molecular formula is C78H56F6N10. The van der Waals surface area contributed by atoms with Crippen molar-refractivity contribution in [1.29, 1.82) is 0 Å². The first-order valence-corrected chi connectivity index (χ1v) is 30.4. The van der Waals surface area contributed by atoms with E-state index in [-0.39, 0.29) is 11.4 Å². The van der Waals surface area contributed by atoms with E-state index >= 15 is 0 Å². The molecule has 16 heteroatoms. The maximum absolute atomic E-state index is 12.3. The van der Waals surface area contributed by atoms with Crippen molar-refractivity contribution in [3.8, 4) is 56.9 Å². The van der Waals surface area contributed by atoms with Crippen LogP contribution in [-0.2, 0) is 38.0 Å². The van der Waals surface area contributed by atoms with Crippen LogP contribution < -0.4 is 0 Å². The zero-order valence-electron chi connectivity index (χ0n) is 50.8. The van der Waals surface area contributed by atoms with Gasteiger partial charge in [-0.15, -0.1) is 0 Å². The minimum absolute atomic E-state index is 0.0618. The summed E-state index contributed by atoms with van der Waals surface area (Å²) in [6.45, 7) is 4.06. The summed E-state index contributed by atoms with van der Waals surface area (Å²) in [5.41, 5.74) is 16.8. The Bertz CT molecular complexity index is 4940. The second-order valence-corrected chi connectivity index (χ2v) is 22.5. The Morgan fingerprint density at radius 2 is 0.670 bits per heavy atom. The molecule has 0 fully saturated rings. The van der Waals surface area contributed by atoms with Crippen molar-refractivity contribution < 1.29 is 26.3 Å². The van der Waals surface area contributed by atoms with Crippen molar-refractivity contribution >= 4 is 54.3 Å². The number of para-hydroxylation sites is 3. The highest BCUT2D eigenvalue weighted by Gasteiger charge is 2.32. The van der Waals surface area contributed by atoms with Crippen LogP contribution in [0.1, 0.15) is 44.8 Å². The maximum atomic E-state index is 12.3. The summed E-state index contributed by atoms with van der Waals surface area (Å²) in [7, 11) is 0. The highest BCUT2D eigenvalue weighted by molar-refractivity contribution is 6.02. The van der Waals surface area contributed by atoms with E-state index in [0.717, 1.165) is 140 Å². The number of hydrogen-bond donors (Lipinski definition) is 0. The van der Waals surface area contributed by atoms with Crippen LogP contribution in [0.3, 0.4) is 0 Å². The van der Waals surface area contributed by atoms with Gasteiger partial charge in [-0.1, -0.05) is 127 Å². The van der Waals surface area contributed by atoms with Gasteiger partial charge in [0.1, 0.15) is 0 Å². The zero-order chi connectivity index (χ0) is 64.8. The SMILES string of the molecule is Cc1ccc2c(n1)-c1nc(C)ccc1CC2.FC(F)(F)c1ccc(-c2ccc(C(F)(F)F)cn2)nc1.c1ccc(-c2ccc3ccccc3n2)nc1.c1ccc2c(-c3nccc4ccccc34)nccc2c1.c1ccc2nc3c(cc2c1)CCc1cc2ccccc2nc1-3. The van der Waals surface area contributed by atoms with Crippen molar-refractivity contribution in [2.45, 2.75) is 51.9 Å². The lowest BCUT2D eigenvalue weighted by molar-refractivity contribution is -0.138. The molecule has 0 bridgehead atoms. The Hall–Kier alpha value is -11.5. The first kappa shape index (κ1) is 61.3. The third kappa shape index (κ3) is 13.7. The molecule has 0 atom stereocenters. The average Bonchev–Trinajstić information content (AvgIpc) is 0.775. The molecule has 17 rings (SSSR count). The number of fused-ring (bicyclic) bond motifs is 11. The minimum atomic E-state index is -4.51. The number of pyridine rings is 10. The lowest BCUT2D eigenvalue weighted by Gasteiger charge is -2.19. The van der Waals surface area contributed by atoms with Crippen molar-refractivity contribution in [1.82, 2.24) is 49.8 Å². The number of halogens is 6. The molecule has 2 aliphatic rings. The van der Waals surface area contributed by atoms with Crippen molar-refractivity contribution in [2.24, 2.45) is 0 Å². The van der Waals surface area contributed by atoms with Gasteiger partial charge in [-0.25, -0.2) is 15.0 Å². The molecule has 0 unspecified atom stereocenters. The average molecular weight is 1250 g/mol. The van der Waals surface area contributed by atoms with Crippen LogP contribution in [0.5, 0.6) is 0 Å². The van der Waals surface area contributed by atoms with Crippen LogP contribution in [-0.4, -0.2) is 49.8 Å². The van der Waals surface area contributed by atoms with Crippen LogP contribution in [0.2, 0.25) is 0 Å². The molecule has 0 N–H and O–H groups in total. The summed E-state index contributed by atoms with van der Waals surface area (Å²) in [6.07, 6.45) is 1.91. The number of alkyl halides is 6. The largest absolute Gasteiger partial charge is 0.417 e. The van der Waals surface area contributed by atoms with Crippen LogP contribution in [0.4, 0.5) is 26.3 Å². The third-order valence-electron chi connectivity index (χ3n) is 16.2. The Balaban J connectivity index is 0.000000107. The molecule has 460 valence electrons. The smallest absolute Gasteiger partial charge is 0.255 e. The zero-order valence-corrected chi connectivity index (χ0v) is 50.8. The Labute approximate surface area is 536 Å². The molecule has 0 amide bonds. The van der Waals surface area contributed by atoms with Gasteiger partial charge in [-0.3, -0.25) is 34.9 Å². The second-order valence-electron chi connectivity index (χ2n) is 22.5. The summed E-state index contributed by atoms with van der Waals surface area (Å²) in [5.74, 6) is 0. The van der Waals surface area contributed by atoms with E-state index in [1.807, 2.05) is 117 Å². The summed E-state index contributed by atoms with van der Waals surface area (Å²) in [6, 6.07) is 72.1. The highest BCUT2D eigenvalue weighted by atomic mass is 19.4. The fourth-order valence-electron chi connectivity index (χ4n) is 11.4. The minimum Gasteiger partial charge on any atom is -0.255 e. The first-order chi connectivity index (χ1) is 45.7. The molecule has 0 aliphatic heterocycles. The predicted molar refractivity (Wildman–Crippen MR) is 359 cm³/mol. The molecule has 0 spiro atoms. The van der Waals surface area contributed by atoms with Gasteiger partial charge in [0.2, 0.25) is 0 Å². The molecule has 94 heavy (non-hydrogen) atoms. The molecule has 2 aliphatic carbocycles. The Morgan fingerprint density at radius 1 is 0.277 bits per heavy atom. The number of nitrogens with zero attached hydrogens (tertiary/aromatic N) is 10. The molecule has 0 saturated carbocycles. The highest BCUT2D eigenvalue weighted by Crippen LogP contribution is 2.37. The molecule has 10 heterocycles. The fraction of sp³-hybridized carbons (Fsp3) is 0.103. The topological polar surface area (TPSA) is 129 Å². The quantitative estimate of drug-likeness (QED) is 0.158. The number of rotatable bonds is 3. The van der Waals surface area contributed by atoms with Crippen LogP contribution >= 0.6 is 0 Å². The van der Waals surface area contributed by atoms with Crippen molar-refractivity contribution in [3.05, 3.63) is 300 Å². The molecule has 10 aromatic heterocycles. The summed E-state index contributed by atoms with van der Waals surface area (Å²) in [4.78, 5) is 44.2. The van der Waals surface area contributed by atoms with Crippen LogP contribution in [0.15, 0.2) is 255 Å². The summed E-state index contributed by atoms with van der Waals surface area (Å²) >= 11 is 0. The predicted octanol–water partition coefficient (Wildman–Crippen LogP) is 19.3. The van der Waals surface area contributed by atoms with Crippen molar-refractivity contribution in [3.63, 3.8) is 0 Å². The van der Waals surface area contributed by atoms with Gasteiger partial charge in [0, 0.05) is 69.3 Å². The molecule has 10 nitrogen and oxygen atoms in total. The molecule has 5 aromatic carbocycles. The number of benzene rings is 5. The Morgan fingerprint density at radius 3 is 1.12 bits per heavy atom. The lowest BCUT2D eigenvalue weighted by Crippen LogP contribution is -2.08. The summed E-state index contributed by atoms with van der Waals surface area (Å²) < 4.78 is 74.0. The molecule has 0 saturated heterocycles. The van der Waals surface area contributed by atoms with Gasteiger partial charge in [-0.2, -0.15) is 26.3 Å². The van der Waals surface area contributed by atoms with Gasteiger partial charge < -0.3 is 0 Å². The standard InChI is InChI=1S/C20H14N2.C18H12N2.C14H14N2.C14H10N2.C12H6F6N2/c1-3-7-17-13(5-1)11-15-9-10-16-12-14-6-2-4-8-18(14)22-20(16)19(15)21-17;1-3-7-15-13(5-1)9-11-19-17(15)18-16-8-4-2-6-14(16)10-12-20-18;1-9-3-5-11-7-8-12-6-4-10(2)16-14(12)13(11)15-9;1-2-6-12-11(5-1)8-9-14(16-12)13-7-3-4-10-15-13;13-11(14,15)7-1-3-9(19-5-7)10-4-2-8(6-20-10)12(16,17)18/h1-8,11-12H,9-10H2;1-12H;3-6H,7-8H2,1-2H3;1-10H;1-6H. The Kier molecular flexibility index (Phi) is 17.5. The van der Waals surface area contributed by atoms with E-state index in [9.17, 15) is 26.3 Å². The molecular weight excluding hydrogens is 1190 g/mol. The van der Waals surface area contributed by atoms with Gasteiger partial charge in [0.05, 0.1) is 84.6 Å². The monoisotopic (exact) mass is 1250 g/mol. The number of hydrogen-bond acceptors (Lipinski definition) is 10. The van der Waals surface area contributed by atoms with Gasteiger partial charge in [-0.05, 0) is 170 Å². The van der Waals surface area contributed by atoms with Crippen LogP contribution in [0.25, 0.3) is 111 Å². The van der Waals surface area contributed by atoms with Gasteiger partial charge >= 0.3 is 12.4 Å². The van der Waals surface area contributed by atoms with E-state index in [2.05, 4.69) is 149 Å². The van der Waals surface area contributed by atoms with Crippen molar-refractivity contribution in [2.75, 3.05) is 0 Å².